The highest BCUT2D eigenvalue weighted by molar-refractivity contribution is 5.82. The molecule has 3 nitrogen and oxygen atoms in total. The van der Waals surface area contributed by atoms with Gasteiger partial charge in [-0.1, -0.05) is 50.2 Å². The molecule has 0 amide bonds. The molecule has 0 spiro atoms. The number of H-pyrrole nitrogens is 1. The van der Waals surface area contributed by atoms with Crippen molar-refractivity contribution in [2.24, 2.45) is 0 Å². The Bertz CT molecular complexity index is 848. The van der Waals surface area contributed by atoms with Gasteiger partial charge in [0.25, 0.3) is 0 Å². The molecular weight excluding hydrogens is 284 g/mol. The minimum Gasteiger partial charge on any atom is -0.354 e. The fourth-order valence-electron chi connectivity index (χ4n) is 2.87. The molecule has 118 valence electrons. The van der Waals surface area contributed by atoms with Gasteiger partial charge in [0.05, 0.1) is 0 Å². The summed E-state index contributed by atoms with van der Waals surface area (Å²) in [6.07, 6.45) is 0. The van der Waals surface area contributed by atoms with Gasteiger partial charge in [0.15, 0.2) is 5.43 Å². The van der Waals surface area contributed by atoms with E-state index in [1.165, 1.54) is 5.56 Å². The van der Waals surface area contributed by atoms with Crippen molar-refractivity contribution in [1.82, 2.24) is 9.88 Å². The molecule has 0 radical (unpaired) electrons. The third-order valence-electron chi connectivity index (χ3n) is 4.28. The Morgan fingerprint density at radius 1 is 0.957 bits per heavy atom. The van der Waals surface area contributed by atoms with Gasteiger partial charge in [-0.05, 0) is 36.3 Å². The molecule has 1 aromatic heterocycles. The number of rotatable bonds is 5. The van der Waals surface area contributed by atoms with E-state index in [9.17, 15) is 4.79 Å². The van der Waals surface area contributed by atoms with Crippen LogP contribution in [0.5, 0.6) is 0 Å². The van der Waals surface area contributed by atoms with E-state index in [1.54, 1.807) is 6.07 Å². The molecule has 3 rings (SSSR count). The van der Waals surface area contributed by atoms with Crippen LogP contribution in [0.3, 0.4) is 0 Å². The molecular formula is C20H22N2O. The van der Waals surface area contributed by atoms with Crippen LogP contribution in [0.2, 0.25) is 0 Å². The molecule has 3 heteroatoms. The van der Waals surface area contributed by atoms with E-state index in [0.29, 0.717) is 0 Å². The summed E-state index contributed by atoms with van der Waals surface area (Å²) >= 11 is 0. The second-order valence-electron chi connectivity index (χ2n) is 5.75. The molecule has 0 saturated carbocycles. The second-order valence-corrected chi connectivity index (χ2v) is 5.75. The lowest BCUT2D eigenvalue weighted by atomic mass is 10.1. The van der Waals surface area contributed by atoms with Crippen LogP contribution in [0.4, 0.5) is 0 Å². The largest absolute Gasteiger partial charge is 0.354 e. The Morgan fingerprint density at radius 2 is 1.70 bits per heavy atom. The molecule has 0 bridgehead atoms. The normalized spacial score (nSPS) is 11.3. The number of aromatic nitrogens is 1. The van der Waals surface area contributed by atoms with Crippen molar-refractivity contribution in [2.45, 2.75) is 20.4 Å². The molecule has 0 unspecified atom stereocenters. The monoisotopic (exact) mass is 306 g/mol. The number of benzene rings is 2. The molecule has 0 atom stereocenters. The summed E-state index contributed by atoms with van der Waals surface area (Å²) in [7, 11) is 0. The summed E-state index contributed by atoms with van der Waals surface area (Å²) < 4.78 is 0. The number of pyridine rings is 1. The first-order valence-electron chi connectivity index (χ1n) is 8.15. The van der Waals surface area contributed by atoms with E-state index in [1.807, 2.05) is 42.5 Å². The van der Waals surface area contributed by atoms with Crippen molar-refractivity contribution in [2.75, 3.05) is 13.1 Å². The number of nitrogens with zero attached hydrogens (tertiary/aromatic N) is 1. The Labute approximate surface area is 136 Å². The van der Waals surface area contributed by atoms with E-state index >= 15 is 0 Å². The van der Waals surface area contributed by atoms with Crippen LogP contribution in [-0.2, 0) is 6.54 Å². The van der Waals surface area contributed by atoms with E-state index in [4.69, 9.17) is 0 Å². The summed E-state index contributed by atoms with van der Waals surface area (Å²) in [5, 5.41) is 0.759. The maximum Gasteiger partial charge on any atom is 0.190 e. The third-order valence-corrected chi connectivity index (χ3v) is 4.28. The van der Waals surface area contributed by atoms with Gasteiger partial charge in [-0.3, -0.25) is 9.69 Å². The Kier molecular flexibility index (Phi) is 4.58. The highest BCUT2D eigenvalue weighted by Gasteiger charge is 2.07. The molecule has 0 aliphatic rings. The second kappa shape index (κ2) is 6.80. The van der Waals surface area contributed by atoms with Gasteiger partial charge in [0.1, 0.15) is 0 Å². The lowest BCUT2D eigenvalue weighted by Crippen LogP contribution is -2.22. The molecule has 0 fully saturated rings. The maximum atomic E-state index is 12.5. The first kappa shape index (κ1) is 15.5. The van der Waals surface area contributed by atoms with Crippen molar-refractivity contribution >= 4 is 10.9 Å². The summed E-state index contributed by atoms with van der Waals surface area (Å²) in [4.78, 5) is 18.2. The highest BCUT2D eigenvalue weighted by atomic mass is 16.1. The van der Waals surface area contributed by atoms with Crippen LogP contribution in [0, 0.1) is 0 Å². The van der Waals surface area contributed by atoms with Crippen molar-refractivity contribution in [3.8, 4) is 11.3 Å². The maximum absolute atomic E-state index is 12.5. The van der Waals surface area contributed by atoms with Crippen LogP contribution in [0.15, 0.2) is 59.4 Å². The van der Waals surface area contributed by atoms with Gasteiger partial charge in [-0.15, -0.1) is 0 Å². The minimum absolute atomic E-state index is 0.0685. The number of fused-ring (bicyclic) bond motifs is 1. The van der Waals surface area contributed by atoms with Gasteiger partial charge in [0, 0.05) is 29.2 Å². The lowest BCUT2D eigenvalue weighted by Gasteiger charge is -2.18. The van der Waals surface area contributed by atoms with Crippen molar-refractivity contribution in [3.05, 3.63) is 70.4 Å². The Morgan fingerprint density at radius 3 is 2.39 bits per heavy atom. The van der Waals surface area contributed by atoms with Crippen molar-refractivity contribution in [3.63, 3.8) is 0 Å². The predicted octanol–water partition coefficient (Wildman–Crippen LogP) is 4.04. The van der Waals surface area contributed by atoms with Crippen LogP contribution < -0.4 is 5.43 Å². The molecule has 0 aliphatic heterocycles. The first-order valence-corrected chi connectivity index (χ1v) is 8.15. The van der Waals surface area contributed by atoms with E-state index in [0.717, 1.165) is 41.8 Å². The summed E-state index contributed by atoms with van der Waals surface area (Å²) in [5.41, 5.74) is 4.02. The summed E-state index contributed by atoms with van der Waals surface area (Å²) in [6.45, 7) is 7.21. The van der Waals surface area contributed by atoms with Crippen LogP contribution in [0.25, 0.3) is 22.2 Å². The van der Waals surface area contributed by atoms with Crippen LogP contribution in [0.1, 0.15) is 19.4 Å². The Balaban J connectivity index is 2.02. The fourth-order valence-corrected chi connectivity index (χ4v) is 2.87. The van der Waals surface area contributed by atoms with Crippen LogP contribution in [-0.4, -0.2) is 23.0 Å². The molecule has 23 heavy (non-hydrogen) atoms. The van der Waals surface area contributed by atoms with Gasteiger partial charge in [0.2, 0.25) is 0 Å². The topological polar surface area (TPSA) is 36.1 Å². The predicted molar refractivity (Wildman–Crippen MR) is 96.6 cm³/mol. The average Bonchev–Trinajstić information content (AvgIpc) is 2.60. The third kappa shape index (κ3) is 3.35. The summed E-state index contributed by atoms with van der Waals surface area (Å²) in [6, 6.07) is 17.8. The van der Waals surface area contributed by atoms with Gasteiger partial charge in [-0.25, -0.2) is 0 Å². The van der Waals surface area contributed by atoms with Gasteiger partial charge < -0.3 is 4.98 Å². The average molecular weight is 306 g/mol. The molecule has 1 heterocycles. The molecule has 0 saturated heterocycles. The molecule has 1 N–H and O–H groups in total. The smallest absolute Gasteiger partial charge is 0.190 e. The molecule has 0 aliphatic carbocycles. The Hall–Kier alpha value is -2.39. The minimum atomic E-state index is 0.0685. The number of nitrogens with one attached hydrogen (secondary N) is 1. The zero-order valence-electron chi connectivity index (χ0n) is 13.7. The number of aromatic amines is 1. The standard InChI is InChI=1S/C20H22N2O/c1-3-22(4-2)14-15-10-11-18-17(12-15)20(23)13-19(21-18)16-8-6-5-7-9-16/h5-13H,3-4,14H2,1-2H3,(H,21,23). The zero-order valence-corrected chi connectivity index (χ0v) is 13.7. The van der Waals surface area contributed by atoms with Crippen molar-refractivity contribution in [1.29, 1.82) is 0 Å². The van der Waals surface area contributed by atoms with Gasteiger partial charge in [-0.2, -0.15) is 0 Å². The van der Waals surface area contributed by atoms with Gasteiger partial charge >= 0.3 is 0 Å². The summed E-state index contributed by atoms with van der Waals surface area (Å²) in [5.74, 6) is 0. The fraction of sp³-hybridized carbons (Fsp3) is 0.250. The lowest BCUT2D eigenvalue weighted by molar-refractivity contribution is 0.296. The van der Waals surface area contributed by atoms with E-state index < -0.39 is 0 Å². The van der Waals surface area contributed by atoms with E-state index in [-0.39, 0.29) is 5.43 Å². The van der Waals surface area contributed by atoms with E-state index in [2.05, 4.69) is 29.8 Å². The quantitative estimate of drug-likeness (QED) is 0.772. The SMILES string of the molecule is CCN(CC)Cc1ccc2[nH]c(-c3ccccc3)cc(=O)c2c1. The van der Waals surface area contributed by atoms with Crippen molar-refractivity contribution < 1.29 is 0 Å². The number of hydrogen-bond donors (Lipinski definition) is 1. The van der Waals surface area contributed by atoms with Crippen LogP contribution >= 0.6 is 0 Å². The first-order chi connectivity index (χ1) is 11.2. The zero-order chi connectivity index (χ0) is 16.2. The highest BCUT2D eigenvalue weighted by Crippen LogP contribution is 2.19. The number of hydrogen-bond acceptors (Lipinski definition) is 2. The molecule has 2 aromatic carbocycles. The molecule has 3 aromatic rings.